The molecule has 12 heteroatoms. The molecule has 0 saturated heterocycles. The van der Waals surface area contributed by atoms with Crippen LogP contribution in [0.15, 0.2) is 81.7 Å². The van der Waals surface area contributed by atoms with Gasteiger partial charge in [-0.2, -0.15) is 0 Å². The number of hydrogen-bond acceptors (Lipinski definition) is 8. The molecule has 0 radical (unpaired) electrons. The lowest BCUT2D eigenvalue weighted by Crippen LogP contribution is -2.30. The van der Waals surface area contributed by atoms with E-state index in [9.17, 15) is 20.4 Å². The number of halogens is 2. The topological polar surface area (TPSA) is 157 Å². The molecule has 0 saturated carbocycles. The Morgan fingerprint density at radius 1 is 0.542 bits per heavy atom. The molecule has 7 rings (SSSR count). The molecule has 2 aromatic carbocycles. The second-order valence-corrected chi connectivity index (χ2v) is 13.1. The molecule has 2 aliphatic rings. The van der Waals surface area contributed by atoms with E-state index in [2.05, 4.69) is 41.8 Å². The summed E-state index contributed by atoms with van der Waals surface area (Å²) in [5.74, 6) is -4.14. The van der Waals surface area contributed by atoms with Crippen molar-refractivity contribution in [1.29, 1.82) is 0 Å². The number of ether oxygens (including phenoxy) is 2. The van der Waals surface area contributed by atoms with Crippen LogP contribution in [0.2, 0.25) is 0 Å². The number of aromatic amines is 2. The van der Waals surface area contributed by atoms with Gasteiger partial charge in [-0.05, 0) is 116 Å². The van der Waals surface area contributed by atoms with Crippen LogP contribution in [-0.2, 0) is 0 Å². The monoisotopic (exact) mass is 770 g/mol. The van der Waals surface area contributed by atoms with Crippen LogP contribution in [0.4, 0.5) is 0 Å². The molecular formula is C36H28Br2N4O6. The van der Waals surface area contributed by atoms with Crippen LogP contribution >= 0.6 is 31.9 Å². The van der Waals surface area contributed by atoms with Crippen LogP contribution < -0.4 is 9.47 Å². The molecular weight excluding hydrogens is 744 g/mol. The predicted molar refractivity (Wildman–Crippen MR) is 192 cm³/mol. The molecule has 0 amide bonds. The Kier molecular flexibility index (Phi) is 8.10. The number of fused-ring (bicyclic) bond motifs is 8. The van der Waals surface area contributed by atoms with Crippen molar-refractivity contribution in [3.05, 3.63) is 105 Å². The van der Waals surface area contributed by atoms with Gasteiger partial charge in [0.2, 0.25) is 0 Å². The normalized spacial score (nSPS) is 12.8. The van der Waals surface area contributed by atoms with Gasteiger partial charge in [0.25, 0.3) is 0 Å². The van der Waals surface area contributed by atoms with Crippen molar-refractivity contribution < 1.29 is 29.9 Å². The van der Waals surface area contributed by atoms with Crippen molar-refractivity contribution in [1.82, 2.24) is 19.9 Å². The SMILES string of the molecule is CC(O)(O)Oc1cccc(-c2c3nc(c(Br)c4ccc([nH]4)c(-c4cccc(OC(C)(O)O)c4)c4nc(c(Br)c5ccc2[nH]5)C=C4)C=C3)c1. The lowest BCUT2D eigenvalue weighted by atomic mass is 10.0. The molecule has 5 aromatic rings. The molecule has 242 valence electrons. The highest BCUT2D eigenvalue weighted by atomic mass is 79.9. The number of H-pyrrole nitrogens is 2. The highest BCUT2D eigenvalue weighted by molar-refractivity contribution is 9.11. The van der Waals surface area contributed by atoms with E-state index < -0.39 is 11.9 Å². The zero-order chi connectivity index (χ0) is 33.8. The Balaban J connectivity index is 1.52. The zero-order valence-corrected chi connectivity index (χ0v) is 28.7. The number of nitrogens with zero attached hydrogens (tertiary/aromatic N) is 2. The summed E-state index contributed by atoms with van der Waals surface area (Å²) >= 11 is 7.53. The fraction of sp³-hybridized carbons (Fsp3) is 0.111. The smallest absolute Gasteiger partial charge is 0.318 e. The predicted octanol–water partition coefficient (Wildman–Crippen LogP) is 7.59. The Labute approximate surface area is 291 Å². The maximum atomic E-state index is 9.86. The Hall–Kier alpha value is -4.56. The van der Waals surface area contributed by atoms with Crippen molar-refractivity contribution in [2.45, 2.75) is 25.8 Å². The number of benzene rings is 2. The fourth-order valence-electron chi connectivity index (χ4n) is 5.62. The summed E-state index contributed by atoms with van der Waals surface area (Å²) in [6.07, 6.45) is 7.68. The third kappa shape index (κ3) is 6.59. The summed E-state index contributed by atoms with van der Waals surface area (Å²) in [4.78, 5) is 17.0. The average molecular weight is 772 g/mol. The van der Waals surface area contributed by atoms with Crippen molar-refractivity contribution in [2.24, 2.45) is 0 Å². The highest BCUT2D eigenvalue weighted by Gasteiger charge is 2.21. The standard InChI is InChI=1S/C36H28Br2N4O6/c1-35(43,44)47-21-7-3-5-19(17-21)31-23-9-13-27(39-23)33(37)29-15-11-25(41-29)32(20-6-4-8-22(18-20)48-36(2,45)46)26-12-16-30(42-26)34(38)28-14-10-24(31)40-28/h3-18,39,42-46H,1-2H3. The van der Waals surface area contributed by atoms with E-state index in [1.165, 1.54) is 0 Å². The molecule has 0 fully saturated rings. The van der Waals surface area contributed by atoms with E-state index in [4.69, 9.17) is 19.4 Å². The maximum Gasteiger partial charge on any atom is 0.318 e. The van der Waals surface area contributed by atoms with E-state index in [-0.39, 0.29) is 11.5 Å². The van der Waals surface area contributed by atoms with Crippen molar-refractivity contribution in [3.63, 3.8) is 0 Å². The molecule has 48 heavy (non-hydrogen) atoms. The Bertz CT molecular complexity index is 2150. The number of rotatable bonds is 6. The number of aromatic nitrogens is 4. The van der Waals surface area contributed by atoms with E-state index in [1.807, 2.05) is 60.7 Å². The number of hydrogen-bond donors (Lipinski definition) is 6. The lowest BCUT2D eigenvalue weighted by molar-refractivity contribution is -0.278. The van der Waals surface area contributed by atoms with Crippen LogP contribution in [0.3, 0.4) is 0 Å². The minimum atomic E-state index is -2.34. The largest absolute Gasteiger partial charge is 0.439 e. The molecule has 0 spiro atoms. The summed E-state index contributed by atoms with van der Waals surface area (Å²) in [5.41, 5.74) is 8.82. The Morgan fingerprint density at radius 2 is 0.917 bits per heavy atom. The first-order valence-corrected chi connectivity index (χ1v) is 16.4. The van der Waals surface area contributed by atoms with Crippen LogP contribution in [0.1, 0.15) is 36.6 Å². The minimum Gasteiger partial charge on any atom is -0.439 e. The van der Waals surface area contributed by atoms with Gasteiger partial charge in [-0.15, -0.1) is 0 Å². The lowest BCUT2D eigenvalue weighted by Gasteiger charge is -2.18. The average Bonchev–Trinajstić information content (AvgIpc) is 3.84. The van der Waals surface area contributed by atoms with Crippen LogP contribution in [0.5, 0.6) is 11.5 Å². The molecule has 2 aliphatic heterocycles. The van der Waals surface area contributed by atoms with Gasteiger partial charge >= 0.3 is 11.9 Å². The molecule has 6 N–H and O–H groups in total. The van der Waals surface area contributed by atoms with Gasteiger partial charge < -0.3 is 39.9 Å². The number of aliphatic hydroxyl groups is 4. The van der Waals surface area contributed by atoms with Gasteiger partial charge in [0.15, 0.2) is 0 Å². The van der Waals surface area contributed by atoms with Gasteiger partial charge in [-0.25, -0.2) is 9.97 Å². The van der Waals surface area contributed by atoms with Crippen molar-refractivity contribution in [2.75, 3.05) is 0 Å². The van der Waals surface area contributed by atoms with Crippen LogP contribution in [0.25, 0.3) is 68.6 Å². The summed E-state index contributed by atoms with van der Waals surface area (Å²) in [7, 11) is 0. The van der Waals surface area contributed by atoms with Gasteiger partial charge in [-0.3, -0.25) is 0 Å². The van der Waals surface area contributed by atoms with Crippen molar-refractivity contribution >= 4 is 78.2 Å². The van der Waals surface area contributed by atoms with Gasteiger partial charge in [0.05, 0.1) is 42.8 Å². The van der Waals surface area contributed by atoms with Gasteiger partial charge in [0.1, 0.15) is 11.5 Å². The molecule has 3 aromatic heterocycles. The van der Waals surface area contributed by atoms with E-state index >= 15 is 0 Å². The summed E-state index contributed by atoms with van der Waals surface area (Å²) in [5, 5.41) is 39.4. The second-order valence-electron chi connectivity index (χ2n) is 11.5. The quantitative estimate of drug-likeness (QED) is 0.0945. The first kappa shape index (κ1) is 32.0. The van der Waals surface area contributed by atoms with E-state index in [0.717, 1.165) is 67.1 Å². The molecule has 5 heterocycles. The van der Waals surface area contributed by atoms with Crippen LogP contribution in [-0.4, -0.2) is 52.3 Å². The number of nitrogens with one attached hydrogen (secondary N) is 2. The molecule has 10 nitrogen and oxygen atoms in total. The van der Waals surface area contributed by atoms with E-state index in [0.29, 0.717) is 22.8 Å². The first-order chi connectivity index (χ1) is 22.8. The third-order valence-electron chi connectivity index (χ3n) is 7.49. The minimum absolute atomic E-state index is 0.275. The molecule has 0 atom stereocenters. The summed E-state index contributed by atoms with van der Waals surface area (Å²) in [6.45, 7) is 2.29. The zero-order valence-electron chi connectivity index (χ0n) is 25.5. The first-order valence-electron chi connectivity index (χ1n) is 14.8. The van der Waals surface area contributed by atoms with Gasteiger partial charge in [0, 0.05) is 36.0 Å². The highest BCUT2D eigenvalue weighted by Crippen LogP contribution is 2.37. The molecule has 0 aliphatic carbocycles. The van der Waals surface area contributed by atoms with Crippen LogP contribution in [0, 0.1) is 0 Å². The molecule has 8 bridgehead atoms. The summed E-state index contributed by atoms with van der Waals surface area (Å²) in [6, 6.07) is 21.9. The summed E-state index contributed by atoms with van der Waals surface area (Å²) < 4.78 is 12.1. The van der Waals surface area contributed by atoms with E-state index in [1.54, 1.807) is 36.4 Å². The van der Waals surface area contributed by atoms with Gasteiger partial charge in [-0.1, -0.05) is 24.3 Å². The third-order valence-corrected chi connectivity index (χ3v) is 9.16. The van der Waals surface area contributed by atoms with Crippen molar-refractivity contribution in [3.8, 4) is 33.8 Å². The second kappa shape index (κ2) is 12.2. The Morgan fingerprint density at radius 3 is 1.31 bits per heavy atom. The fourth-order valence-corrected chi connectivity index (χ4v) is 6.52. The maximum absolute atomic E-state index is 9.86. The molecule has 0 unspecified atom stereocenters.